The van der Waals surface area contributed by atoms with Gasteiger partial charge in [-0.2, -0.15) is 0 Å². The molecule has 0 aromatic heterocycles. The van der Waals surface area contributed by atoms with E-state index in [4.69, 9.17) is 4.74 Å². The lowest BCUT2D eigenvalue weighted by atomic mass is 10.1. The van der Waals surface area contributed by atoms with E-state index in [9.17, 15) is 8.42 Å². The number of hydrogen-bond acceptors (Lipinski definition) is 3. The molecule has 0 spiro atoms. The van der Waals surface area contributed by atoms with Crippen molar-refractivity contribution in [3.63, 3.8) is 0 Å². The van der Waals surface area contributed by atoms with Crippen LogP contribution in [0.15, 0.2) is 0 Å². The van der Waals surface area contributed by atoms with Crippen LogP contribution >= 0.6 is 15.9 Å². The molecule has 2 atom stereocenters. The van der Waals surface area contributed by atoms with Crippen LogP contribution in [0.5, 0.6) is 0 Å². The third-order valence-corrected chi connectivity index (χ3v) is 4.90. The first-order valence-corrected chi connectivity index (χ1v) is 8.39. The fraction of sp³-hybridized carbons (Fsp3) is 1.00. The number of nitrogens with one attached hydrogen (secondary N) is 1. The molecule has 1 aliphatic heterocycles. The molecule has 4 nitrogen and oxygen atoms in total. The van der Waals surface area contributed by atoms with Crippen LogP contribution in [0.4, 0.5) is 0 Å². The molecule has 1 heterocycles. The minimum absolute atomic E-state index is 0.0496. The van der Waals surface area contributed by atoms with E-state index in [1.54, 1.807) is 0 Å². The Labute approximate surface area is 106 Å². The Morgan fingerprint density at radius 3 is 2.62 bits per heavy atom. The maximum Gasteiger partial charge on any atom is 0.214 e. The predicted molar refractivity (Wildman–Crippen MR) is 68.3 cm³/mol. The Kier molecular flexibility index (Phi) is 5.70. The van der Waals surface area contributed by atoms with E-state index in [-0.39, 0.29) is 23.8 Å². The maximum absolute atomic E-state index is 11.8. The Bertz CT molecular complexity index is 299. The second kappa shape index (κ2) is 6.33. The van der Waals surface area contributed by atoms with Crippen molar-refractivity contribution in [2.24, 2.45) is 5.92 Å². The summed E-state index contributed by atoms with van der Waals surface area (Å²) < 4.78 is 31.7. The topological polar surface area (TPSA) is 55.4 Å². The normalized spacial score (nSPS) is 23.9. The zero-order valence-electron chi connectivity index (χ0n) is 9.78. The van der Waals surface area contributed by atoms with Crippen LogP contribution in [0.1, 0.15) is 26.7 Å². The van der Waals surface area contributed by atoms with Crippen LogP contribution in [-0.4, -0.2) is 38.3 Å². The molecule has 96 valence electrons. The molecular weight excluding hydrogens is 294 g/mol. The highest BCUT2D eigenvalue weighted by molar-refractivity contribution is 9.09. The quantitative estimate of drug-likeness (QED) is 0.756. The van der Waals surface area contributed by atoms with Gasteiger partial charge in [-0.05, 0) is 18.8 Å². The maximum atomic E-state index is 11.8. The molecule has 0 saturated carbocycles. The van der Waals surface area contributed by atoms with Crippen molar-refractivity contribution < 1.29 is 13.2 Å². The van der Waals surface area contributed by atoms with Crippen LogP contribution in [-0.2, 0) is 14.8 Å². The Morgan fingerprint density at radius 1 is 1.50 bits per heavy atom. The molecule has 0 bridgehead atoms. The van der Waals surface area contributed by atoms with Gasteiger partial charge < -0.3 is 4.74 Å². The van der Waals surface area contributed by atoms with Crippen molar-refractivity contribution >= 4 is 26.0 Å². The first kappa shape index (κ1) is 14.4. The van der Waals surface area contributed by atoms with Crippen LogP contribution < -0.4 is 4.72 Å². The van der Waals surface area contributed by atoms with Crippen molar-refractivity contribution in [3.8, 4) is 0 Å². The average molecular weight is 314 g/mol. The van der Waals surface area contributed by atoms with E-state index in [0.717, 1.165) is 12.8 Å². The van der Waals surface area contributed by atoms with Crippen molar-refractivity contribution in [2.45, 2.75) is 38.8 Å². The van der Waals surface area contributed by atoms with Gasteiger partial charge >= 0.3 is 0 Å². The summed E-state index contributed by atoms with van der Waals surface area (Å²) in [5, 5.41) is 0.634. The van der Waals surface area contributed by atoms with E-state index in [1.807, 2.05) is 13.8 Å². The van der Waals surface area contributed by atoms with Gasteiger partial charge in [0.1, 0.15) is 0 Å². The fourth-order valence-corrected chi connectivity index (χ4v) is 4.43. The van der Waals surface area contributed by atoms with Gasteiger partial charge in [-0.3, -0.25) is 0 Å². The van der Waals surface area contributed by atoms with Gasteiger partial charge in [0.2, 0.25) is 10.0 Å². The zero-order valence-corrected chi connectivity index (χ0v) is 12.2. The summed E-state index contributed by atoms with van der Waals surface area (Å²) in [6.07, 6.45) is 1.69. The smallest absolute Gasteiger partial charge is 0.214 e. The summed E-state index contributed by atoms with van der Waals surface area (Å²) in [5.41, 5.74) is 0. The van der Waals surface area contributed by atoms with Crippen molar-refractivity contribution in [1.82, 2.24) is 4.72 Å². The monoisotopic (exact) mass is 313 g/mol. The largest absolute Gasteiger partial charge is 0.377 e. The number of rotatable bonds is 6. The lowest BCUT2D eigenvalue weighted by Gasteiger charge is -2.20. The van der Waals surface area contributed by atoms with Gasteiger partial charge in [0, 0.05) is 18.0 Å². The molecule has 0 aliphatic carbocycles. The van der Waals surface area contributed by atoms with Crippen LogP contribution in [0.2, 0.25) is 0 Å². The number of alkyl halides is 1. The molecule has 0 aromatic rings. The molecule has 6 heteroatoms. The molecule has 16 heavy (non-hydrogen) atoms. The minimum atomic E-state index is -3.23. The Balaban J connectivity index is 2.49. The van der Waals surface area contributed by atoms with E-state index < -0.39 is 10.0 Å². The molecule has 1 N–H and O–H groups in total. The predicted octanol–water partition coefficient (Wildman–Crippen LogP) is 1.50. The van der Waals surface area contributed by atoms with E-state index in [2.05, 4.69) is 20.7 Å². The molecule has 0 amide bonds. The third kappa shape index (κ3) is 4.69. The average Bonchev–Trinajstić information content (AvgIpc) is 2.65. The van der Waals surface area contributed by atoms with E-state index in [1.165, 1.54) is 0 Å². The molecule has 1 rings (SSSR count). The van der Waals surface area contributed by atoms with Gasteiger partial charge in [0.05, 0.1) is 11.9 Å². The molecule has 1 fully saturated rings. The Hall–Kier alpha value is 0.350. The van der Waals surface area contributed by atoms with Crippen molar-refractivity contribution in [1.29, 1.82) is 0 Å². The molecule has 0 aromatic carbocycles. The standard InChI is InChI=1S/C10H20BrNO3S/c1-8(2)10(6-11)12-16(13,14)7-9-4-3-5-15-9/h8-10,12H,3-7H2,1-2H3. The van der Waals surface area contributed by atoms with Crippen LogP contribution in [0.25, 0.3) is 0 Å². The summed E-state index contributed by atoms with van der Waals surface area (Å²) in [6, 6.07) is -0.0496. The summed E-state index contributed by atoms with van der Waals surface area (Å²) in [5.74, 6) is 0.363. The summed E-state index contributed by atoms with van der Waals surface area (Å²) in [4.78, 5) is 0. The molecule has 0 radical (unpaired) electrons. The number of sulfonamides is 1. The van der Waals surface area contributed by atoms with E-state index in [0.29, 0.717) is 11.9 Å². The summed E-state index contributed by atoms with van der Waals surface area (Å²) in [6.45, 7) is 4.69. The van der Waals surface area contributed by atoms with Gasteiger partial charge in [0.15, 0.2) is 0 Å². The summed E-state index contributed by atoms with van der Waals surface area (Å²) >= 11 is 3.32. The first-order valence-electron chi connectivity index (χ1n) is 5.62. The zero-order chi connectivity index (χ0) is 12.2. The van der Waals surface area contributed by atoms with Crippen molar-refractivity contribution in [2.75, 3.05) is 17.7 Å². The van der Waals surface area contributed by atoms with Crippen LogP contribution in [0.3, 0.4) is 0 Å². The first-order chi connectivity index (χ1) is 7.44. The van der Waals surface area contributed by atoms with Crippen LogP contribution in [0, 0.1) is 5.92 Å². The highest BCUT2D eigenvalue weighted by Gasteiger charge is 2.26. The molecule has 1 saturated heterocycles. The molecule has 2 unspecified atom stereocenters. The number of ether oxygens (including phenoxy) is 1. The Morgan fingerprint density at radius 2 is 2.19 bits per heavy atom. The summed E-state index contributed by atoms with van der Waals surface area (Å²) in [7, 11) is -3.23. The minimum Gasteiger partial charge on any atom is -0.377 e. The van der Waals surface area contributed by atoms with E-state index >= 15 is 0 Å². The lowest BCUT2D eigenvalue weighted by Crippen LogP contribution is -2.42. The van der Waals surface area contributed by atoms with Gasteiger partial charge in [-0.25, -0.2) is 13.1 Å². The second-order valence-corrected chi connectivity index (χ2v) is 6.99. The number of halogens is 1. The van der Waals surface area contributed by atoms with Gasteiger partial charge in [0.25, 0.3) is 0 Å². The van der Waals surface area contributed by atoms with Gasteiger partial charge in [-0.1, -0.05) is 29.8 Å². The highest BCUT2D eigenvalue weighted by atomic mass is 79.9. The third-order valence-electron chi connectivity index (χ3n) is 2.73. The molecule has 1 aliphatic rings. The van der Waals surface area contributed by atoms with Gasteiger partial charge in [-0.15, -0.1) is 0 Å². The lowest BCUT2D eigenvalue weighted by molar-refractivity contribution is 0.127. The number of hydrogen-bond donors (Lipinski definition) is 1. The second-order valence-electron chi connectivity index (χ2n) is 4.54. The SMILES string of the molecule is CC(C)C(CBr)NS(=O)(=O)CC1CCCO1. The fourth-order valence-electron chi connectivity index (χ4n) is 1.65. The molecular formula is C10H20BrNO3S. The highest BCUT2D eigenvalue weighted by Crippen LogP contribution is 2.14. The van der Waals surface area contributed by atoms with Crippen molar-refractivity contribution in [3.05, 3.63) is 0 Å².